The molecule has 0 saturated carbocycles. The van der Waals surface area contributed by atoms with E-state index in [1.807, 2.05) is 73.1 Å². The van der Waals surface area contributed by atoms with Crippen LogP contribution in [0.3, 0.4) is 0 Å². The zero-order chi connectivity index (χ0) is 21.5. The predicted octanol–water partition coefficient (Wildman–Crippen LogP) is 5.46. The van der Waals surface area contributed by atoms with Gasteiger partial charge in [-0.25, -0.2) is 4.98 Å². The molecule has 0 saturated heterocycles. The molecule has 0 atom stereocenters. The first-order valence-corrected chi connectivity index (χ1v) is 10.9. The zero-order valence-electron chi connectivity index (χ0n) is 17.1. The third-order valence-electron chi connectivity index (χ3n) is 5.20. The van der Waals surface area contributed by atoms with Crippen molar-refractivity contribution < 1.29 is 0 Å². The summed E-state index contributed by atoms with van der Waals surface area (Å²) in [6, 6.07) is 20.1. The molecule has 0 aliphatic rings. The lowest BCUT2D eigenvalue weighted by molar-refractivity contribution is 0.778. The quantitative estimate of drug-likeness (QED) is 0.331. The van der Waals surface area contributed by atoms with E-state index in [9.17, 15) is 0 Å². The van der Waals surface area contributed by atoms with Crippen LogP contribution in [0.5, 0.6) is 0 Å². The fourth-order valence-corrected chi connectivity index (χ4v) is 4.39. The molecule has 2 aromatic carbocycles. The second-order valence-corrected chi connectivity index (χ2v) is 8.27. The van der Waals surface area contributed by atoms with E-state index < -0.39 is 0 Å². The topological polar surface area (TPSA) is 96.3 Å². The van der Waals surface area contributed by atoms with E-state index in [-0.39, 0.29) is 0 Å². The standard InChI is InChI=1S/C23H18N8S/c1-31-20(12-19(30-31)14-5-3-2-4-6-14)27-23-26-18-9-10-32-21(18)22(28-23)25-16-7-8-17-15(11-16)13-24-29-17/h2-13H,1H3,(H,24,29)(H2,25,26,27,28). The van der Waals surface area contributed by atoms with Gasteiger partial charge in [-0.2, -0.15) is 15.2 Å². The van der Waals surface area contributed by atoms with Crippen molar-refractivity contribution >= 4 is 55.7 Å². The number of hydrogen-bond donors (Lipinski definition) is 3. The van der Waals surface area contributed by atoms with E-state index in [1.54, 1.807) is 22.2 Å². The number of aromatic amines is 1. The van der Waals surface area contributed by atoms with E-state index >= 15 is 0 Å². The SMILES string of the molecule is Cn1nc(-c2ccccc2)cc1Nc1nc(Nc2ccc3[nH]ncc3c2)c2sccc2n1. The van der Waals surface area contributed by atoms with Gasteiger partial charge < -0.3 is 10.6 Å². The van der Waals surface area contributed by atoms with Gasteiger partial charge in [0.05, 0.1) is 27.6 Å². The second kappa shape index (κ2) is 7.47. The van der Waals surface area contributed by atoms with Gasteiger partial charge in [0.15, 0.2) is 5.82 Å². The molecule has 4 aromatic heterocycles. The maximum absolute atomic E-state index is 4.77. The van der Waals surface area contributed by atoms with E-state index in [0.717, 1.165) is 49.7 Å². The first kappa shape index (κ1) is 18.5. The van der Waals surface area contributed by atoms with Crippen LogP contribution in [0.25, 0.3) is 32.4 Å². The van der Waals surface area contributed by atoms with E-state index in [2.05, 4.69) is 30.9 Å². The number of hydrogen-bond acceptors (Lipinski definition) is 7. The van der Waals surface area contributed by atoms with Crippen LogP contribution in [0.1, 0.15) is 0 Å². The predicted molar refractivity (Wildman–Crippen MR) is 129 cm³/mol. The van der Waals surface area contributed by atoms with E-state index in [4.69, 9.17) is 4.98 Å². The summed E-state index contributed by atoms with van der Waals surface area (Å²) in [5, 5.41) is 21.5. The first-order chi connectivity index (χ1) is 15.7. The Labute approximate surface area is 187 Å². The molecule has 156 valence electrons. The number of nitrogens with one attached hydrogen (secondary N) is 3. The summed E-state index contributed by atoms with van der Waals surface area (Å²) in [6.07, 6.45) is 1.81. The maximum atomic E-state index is 4.77. The molecule has 9 heteroatoms. The molecular weight excluding hydrogens is 420 g/mol. The molecule has 0 fully saturated rings. The van der Waals surface area contributed by atoms with Crippen LogP contribution in [0.15, 0.2) is 72.2 Å². The van der Waals surface area contributed by atoms with Crippen molar-refractivity contribution in [2.45, 2.75) is 0 Å². The smallest absolute Gasteiger partial charge is 0.230 e. The molecule has 0 unspecified atom stereocenters. The monoisotopic (exact) mass is 438 g/mol. The minimum absolute atomic E-state index is 0.505. The molecule has 3 N–H and O–H groups in total. The summed E-state index contributed by atoms with van der Waals surface area (Å²) in [5.74, 6) is 2.07. The molecular formula is C23H18N8S. The molecule has 4 heterocycles. The van der Waals surface area contributed by atoms with Crippen LogP contribution in [0, 0.1) is 0 Å². The number of nitrogens with zero attached hydrogens (tertiary/aromatic N) is 5. The second-order valence-electron chi connectivity index (χ2n) is 7.36. The van der Waals surface area contributed by atoms with Crippen molar-refractivity contribution in [3.05, 3.63) is 72.2 Å². The summed E-state index contributed by atoms with van der Waals surface area (Å²) in [6.45, 7) is 0. The van der Waals surface area contributed by atoms with Gasteiger partial charge in [-0.05, 0) is 29.6 Å². The molecule has 0 amide bonds. The fourth-order valence-electron chi connectivity index (χ4n) is 3.61. The number of fused-ring (bicyclic) bond motifs is 2. The summed E-state index contributed by atoms with van der Waals surface area (Å²) >= 11 is 1.61. The highest BCUT2D eigenvalue weighted by Crippen LogP contribution is 2.31. The number of anilines is 4. The van der Waals surface area contributed by atoms with Gasteiger partial charge in [0.25, 0.3) is 0 Å². The summed E-state index contributed by atoms with van der Waals surface area (Å²) in [7, 11) is 1.90. The number of benzene rings is 2. The van der Waals surface area contributed by atoms with E-state index in [1.165, 1.54) is 0 Å². The zero-order valence-corrected chi connectivity index (χ0v) is 17.9. The molecule has 6 aromatic rings. The highest BCUT2D eigenvalue weighted by Gasteiger charge is 2.13. The van der Waals surface area contributed by atoms with Crippen molar-refractivity contribution in [2.75, 3.05) is 10.6 Å². The van der Waals surface area contributed by atoms with Crippen LogP contribution in [-0.4, -0.2) is 29.9 Å². The van der Waals surface area contributed by atoms with Gasteiger partial charge in [-0.3, -0.25) is 9.78 Å². The van der Waals surface area contributed by atoms with Crippen molar-refractivity contribution in [3.8, 4) is 11.3 Å². The largest absolute Gasteiger partial charge is 0.339 e. The highest BCUT2D eigenvalue weighted by molar-refractivity contribution is 7.17. The van der Waals surface area contributed by atoms with Gasteiger partial charge in [-0.1, -0.05) is 30.3 Å². The molecule has 6 rings (SSSR count). The number of rotatable bonds is 5. The minimum Gasteiger partial charge on any atom is -0.339 e. The van der Waals surface area contributed by atoms with Gasteiger partial charge in [-0.15, -0.1) is 11.3 Å². The third kappa shape index (κ3) is 3.34. The van der Waals surface area contributed by atoms with Crippen molar-refractivity contribution in [1.29, 1.82) is 0 Å². The van der Waals surface area contributed by atoms with Gasteiger partial charge in [0, 0.05) is 29.8 Å². The lowest BCUT2D eigenvalue weighted by Gasteiger charge is -2.10. The molecule has 8 nitrogen and oxygen atoms in total. The Balaban J connectivity index is 1.35. The average molecular weight is 439 g/mol. The Hall–Kier alpha value is -4.24. The lowest BCUT2D eigenvalue weighted by Crippen LogP contribution is -2.04. The number of H-pyrrole nitrogens is 1. The molecule has 0 bridgehead atoms. The molecule has 0 aliphatic carbocycles. The summed E-state index contributed by atoms with van der Waals surface area (Å²) in [5.41, 5.74) is 4.75. The summed E-state index contributed by atoms with van der Waals surface area (Å²) in [4.78, 5) is 9.46. The van der Waals surface area contributed by atoms with Crippen molar-refractivity contribution in [2.24, 2.45) is 7.05 Å². The Bertz CT molecular complexity index is 1550. The summed E-state index contributed by atoms with van der Waals surface area (Å²) < 4.78 is 2.79. The average Bonchev–Trinajstić information content (AvgIpc) is 3.54. The normalized spacial score (nSPS) is 11.3. The molecule has 32 heavy (non-hydrogen) atoms. The number of aryl methyl sites for hydroxylation is 1. The van der Waals surface area contributed by atoms with Crippen LogP contribution in [-0.2, 0) is 7.05 Å². The maximum Gasteiger partial charge on any atom is 0.230 e. The highest BCUT2D eigenvalue weighted by atomic mass is 32.1. The Kier molecular flexibility index (Phi) is 4.32. The van der Waals surface area contributed by atoms with Gasteiger partial charge >= 0.3 is 0 Å². The molecule has 0 aliphatic heterocycles. The lowest BCUT2D eigenvalue weighted by atomic mass is 10.2. The Morgan fingerprint density at radius 1 is 0.969 bits per heavy atom. The Morgan fingerprint density at radius 2 is 1.88 bits per heavy atom. The number of thiophene rings is 1. The van der Waals surface area contributed by atoms with Crippen LogP contribution >= 0.6 is 11.3 Å². The third-order valence-corrected chi connectivity index (χ3v) is 6.11. The van der Waals surface area contributed by atoms with Crippen LogP contribution < -0.4 is 10.6 Å². The number of aromatic nitrogens is 6. The van der Waals surface area contributed by atoms with Gasteiger partial charge in [0.2, 0.25) is 5.95 Å². The van der Waals surface area contributed by atoms with Crippen molar-refractivity contribution in [3.63, 3.8) is 0 Å². The van der Waals surface area contributed by atoms with Crippen LogP contribution in [0.2, 0.25) is 0 Å². The van der Waals surface area contributed by atoms with Gasteiger partial charge in [0.1, 0.15) is 5.82 Å². The van der Waals surface area contributed by atoms with Crippen LogP contribution in [0.4, 0.5) is 23.3 Å². The van der Waals surface area contributed by atoms with Crippen molar-refractivity contribution in [1.82, 2.24) is 29.9 Å². The fraction of sp³-hybridized carbons (Fsp3) is 0.0435. The van der Waals surface area contributed by atoms with E-state index in [0.29, 0.717) is 5.95 Å². The minimum atomic E-state index is 0.505. The molecule has 0 spiro atoms. The molecule has 0 radical (unpaired) electrons. The first-order valence-electron chi connectivity index (χ1n) is 10.0. The Morgan fingerprint density at radius 3 is 2.78 bits per heavy atom.